The van der Waals surface area contributed by atoms with E-state index in [0.717, 1.165) is 44.5 Å². The Morgan fingerprint density at radius 3 is 2.55 bits per heavy atom. The van der Waals surface area contributed by atoms with E-state index >= 15 is 0 Å². The molecular formula is C23H36N2O2S2. The molecule has 1 fully saturated rings. The Morgan fingerprint density at radius 1 is 1.24 bits per heavy atom. The van der Waals surface area contributed by atoms with E-state index in [4.69, 9.17) is 17.0 Å². The fourth-order valence-electron chi connectivity index (χ4n) is 4.93. The van der Waals surface area contributed by atoms with Gasteiger partial charge in [0, 0.05) is 19.1 Å². The Bertz CT molecular complexity index is 681. The van der Waals surface area contributed by atoms with Crippen molar-refractivity contribution < 1.29 is 9.53 Å². The van der Waals surface area contributed by atoms with E-state index < -0.39 is 0 Å². The molecule has 1 aliphatic carbocycles. The van der Waals surface area contributed by atoms with Gasteiger partial charge in [-0.15, -0.1) is 0 Å². The van der Waals surface area contributed by atoms with E-state index in [0.29, 0.717) is 5.17 Å². The monoisotopic (exact) mass is 436 g/mol. The SMILES string of the molecule is CCCCCN(CC1(C)CC(NC(=O)S)CC(C)(C)C1)C(=S)Oc1ccccc1. The Kier molecular flexibility index (Phi) is 8.83. The first-order valence-corrected chi connectivity index (χ1v) is 11.5. The van der Waals surface area contributed by atoms with Crippen LogP contribution in [0.2, 0.25) is 0 Å². The lowest BCUT2D eigenvalue weighted by Gasteiger charge is -2.48. The lowest BCUT2D eigenvalue weighted by atomic mass is 9.62. The molecule has 4 nitrogen and oxygen atoms in total. The summed E-state index contributed by atoms with van der Waals surface area (Å²) in [4.78, 5) is 13.8. The molecule has 0 heterocycles. The molecule has 0 saturated heterocycles. The smallest absolute Gasteiger partial charge is 0.276 e. The van der Waals surface area contributed by atoms with Crippen molar-refractivity contribution >= 4 is 35.3 Å². The van der Waals surface area contributed by atoms with Gasteiger partial charge in [-0.1, -0.05) is 71.4 Å². The zero-order valence-electron chi connectivity index (χ0n) is 18.2. The summed E-state index contributed by atoms with van der Waals surface area (Å²) in [6, 6.07) is 9.87. The minimum absolute atomic E-state index is 0.0268. The van der Waals surface area contributed by atoms with Crippen LogP contribution in [0.5, 0.6) is 5.75 Å². The lowest BCUT2D eigenvalue weighted by Crippen LogP contribution is -2.51. The maximum atomic E-state index is 11.5. The fraction of sp³-hybridized carbons (Fsp3) is 0.652. The van der Waals surface area contributed by atoms with Crippen LogP contribution in [0, 0.1) is 10.8 Å². The number of para-hydroxylation sites is 1. The van der Waals surface area contributed by atoms with Crippen LogP contribution in [0.25, 0.3) is 0 Å². The molecular weight excluding hydrogens is 400 g/mol. The average molecular weight is 437 g/mol. The number of thiocarbonyl (C=S) groups is 1. The van der Waals surface area contributed by atoms with Crippen molar-refractivity contribution in [3.8, 4) is 5.75 Å². The maximum Gasteiger partial charge on any atom is 0.276 e. The normalized spacial score (nSPS) is 23.3. The van der Waals surface area contributed by atoms with E-state index in [1.54, 1.807) is 0 Å². The number of carbonyl (C=O) groups excluding carboxylic acids is 1. The fourth-order valence-corrected chi connectivity index (χ4v) is 5.37. The maximum absolute atomic E-state index is 11.5. The molecule has 1 aromatic rings. The van der Waals surface area contributed by atoms with Crippen molar-refractivity contribution in [3.05, 3.63) is 30.3 Å². The Morgan fingerprint density at radius 2 is 1.93 bits per heavy atom. The largest absolute Gasteiger partial charge is 0.432 e. The Hall–Kier alpha value is -1.27. The molecule has 1 aromatic carbocycles. The second kappa shape index (κ2) is 10.7. The minimum atomic E-state index is -0.252. The summed E-state index contributed by atoms with van der Waals surface area (Å²) in [6.07, 6.45) is 6.39. The van der Waals surface area contributed by atoms with E-state index in [9.17, 15) is 4.79 Å². The highest BCUT2D eigenvalue weighted by molar-refractivity contribution is 7.96. The third-order valence-electron chi connectivity index (χ3n) is 5.58. The van der Waals surface area contributed by atoms with Crippen LogP contribution in [0.3, 0.4) is 0 Å². The first-order chi connectivity index (χ1) is 13.6. The Balaban J connectivity index is 2.14. The van der Waals surface area contributed by atoms with Crippen LogP contribution in [0.15, 0.2) is 30.3 Å². The second-order valence-electron chi connectivity index (χ2n) is 9.52. The summed E-state index contributed by atoms with van der Waals surface area (Å²) in [6.45, 7) is 10.8. The van der Waals surface area contributed by atoms with Crippen LogP contribution in [0.1, 0.15) is 66.2 Å². The molecule has 0 bridgehead atoms. The van der Waals surface area contributed by atoms with E-state index in [1.165, 1.54) is 12.8 Å². The summed E-state index contributed by atoms with van der Waals surface area (Å²) in [7, 11) is 0. The van der Waals surface area contributed by atoms with Crippen LogP contribution in [-0.4, -0.2) is 34.4 Å². The van der Waals surface area contributed by atoms with Crippen molar-refractivity contribution in [2.75, 3.05) is 13.1 Å². The molecule has 2 unspecified atom stereocenters. The van der Waals surface area contributed by atoms with Crippen LogP contribution in [-0.2, 0) is 0 Å². The molecule has 6 heteroatoms. The highest BCUT2D eigenvalue weighted by Crippen LogP contribution is 2.46. The van der Waals surface area contributed by atoms with Gasteiger partial charge in [-0.2, -0.15) is 0 Å². The number of carbonyl (C=O) groups is 1. The number of benzene rings is 1. The number of amides is 1. The topological polar surface area (TPSA) is 41.6 Å². The molecule has 1 saturated carbocycles. The molecule has 29 heavy (non-hydrogen) atoms. The van der Waals surface area contributed by atoms with Crippen LogP contribution in [0.4, 0.5) is 4.79 Å². The average Bonchev–Trinajstić information content (AvgIpc) is 2.59. The van der Waals surface area contributed by atoms with Crippen LogP contribution >= 0.6 is 24.8 Å². The standard InChI is InChI=1S/C23H36N2O2S2/c1-5-6-10-13-25(21(29)27-19-11-8-7-9-12-19)17-23(4)15-18(24-20(26)28)14-22(2,3)16-23/h7-9,11-12,18H,5-6,10,13-17H2,1-4H3,(H2,24,26,28). The van der Waals surface area contributed by atoms with Gasteiger partial charge in [0.1, 0.15) is 5.75 Å². The number of nitrogens with zero attached hydrogens (tertiary/aromatic N) is 1. The predicted molar refractivity (Wildman–Crippen MR) is 128 cm³/mol. The van der Waals surface area contributed by atoms with Gasteiger partial charge < -0.3 is 15.0 Å². The number of thiol groups is 1. The first kappa shape index (κ1) is 24.0. The zero-order chi connectivity index (χ0) is 21.5. The molecule has 0 radical (unpaired) electrons. The molecule has 162 valence electrons. The highest BCUT2D eigenvalue weighted by Gasteiger charge is 2.42. The van der Waals surface area contributed by atoms with Crippen molar-refractivity contribution in [1.82, 2.24) is 10.2 Å². The summed E-state index contributed by atoms with van der Waals surface area (Å²) in [5.41, 5.74) is 0.170. The number of hydrogen-bond donors (Lipinski definition) is 2. The van der Waals surface area contributed by atoms with Crippen molar-refractivity contribution in [2.24, 2.45) is 10.8 Å². The molecule has 1 N–H and O–H groups in total. The molecule has 1 amide bonds. The summed E-state index contributed by atoms with van der Waals surface area (Å²) >= 11 is 9.64. The zero-order valence-corrected chi connectivity index (χ0v) is 20.0. The molecule has 1 aliphatic rings. The van der Waals surface area contributed by atoms with Gasteiger partial charge in [-0.3, -0.25) is 4.79 Å². The third kappa shape index (κ3) is 8.17. The van der Waals surface area contributed by atoms with Crippen molar-refractivity contribution in [1.29, 1.82) is 0 Å². The molecule has 0 aliphatic heterocycles. The number of ether oxygens (including phenoxy) is 1. The second-order valence-corrected chi connectivity index (χ2v) is 10.3. The molecule has 2 atom stereocenters. The lowest BCUT2D eigenvalue weighted by molar-refractivity contribution is 0.0541. The summed E-state index contributed by atoms with van der Waals surface area (Å²) in [5.74, 6) is 0.771. The first-order valence-electron chi connectivity index (χ1n) is 10.6. The summed E-state index contributed by atoms with van der Waals surface area (Å²) in [5, 5.41) is 3.31. The van der Waals surface area contributed by atoms with E-state index in [1.807, 2.05) is 30.3 Å². The molecule has 2 rings (SSSR count). The van der Waals surface area contributed by atoms with Gasteiger partial charge in [0.25, 0.3) is 10.4 Å². The quantitative estimate of drug-likeness (QED) is 0.295. The number of nitrogens with one attached hydrogen (secondary N) is 1. The van der Waals surface area contributed by atoms with Gasteiger partial charge in [0.2, 0.25) is 0 Å². The Labute approximate surface area is 187 Å². The number of rotatable bonds is 8. The van der Waals surface area contributed by atoms with Crippen molar-refractivity contribution in [3.63, 3.8) is 0 Å². The van der Waals surface area contributed by atoms with E-state index in [2.05, 4.69) is 50.5 Å². The summed E-state index contributed by atoms with van der Waals surface area (Å²) < 4.78 is 6.01. The third-order valence-corrected chi connectivity index (χ3v) is 6.05. The predicted octanol–water partition coefficient (Wildman–Crippen LogP) is 6.07. The molecule has 0 aromatic heterocycles. The van der Waals surface area contributed by atoms with Gasteiger partial charge >= 0.3 is 0 Å². The minimum Gasteiger partial charge on any atom is -0.432 e. The van der Waals surface area contributed by atoms with Gasteiger partial charge in [-0.25, -0.2) is 0 Å². The van der Waals surface area contributed by atoms with Gasteiger partial charge in [-0.05, 0) is 60.9 Å². The van der Waals surface area contributed by atoms with Gasteiger partial charge in [0.15, 0.2) is 0 Å². The molecule has 0 spiro atoms. The van der Waals surface area contributed by atoms with Crippen molar-refractivity contribution in [2.45, 2.75) is 72.3 Å². The number of hydrogen-bond acceptors (Lipinski definition) is 3. The van der Waals surface area contributed by atoms with Crippen LogP contribution < -0.4 is 10.1 Å². The highest BCUT2D eigenvalue weighted by atomic mass is 32.1. The number of unbranched alkanes of at least 4 members (excludes halogenated alkanes) is 2. The van der Waals surface area contributed by atoms with E-state index in [-0.39, 0.29) is 22.1 Å². The van der Waals surface area contributed by atoms with Gasteiger partial charge in [0.05, 0.1) is 0 Å².